The standard InChI is InChI=1S/C21H28N2O3S/c1-21(2,23(3)17-7-5-6-8-17)20(24)26-13-16-14-27-19(22-16)15-9-11-18(25-4)12-10-15/h9-12,14,17H,5-8,13H2,1-4H3. The number of methoxy groups -OCH3 is 1. The van der Waals surface area contributed by atoms with Crippen molar-refractivity contribution >= 4 is 17.3 Å². The van der Waals surface area contributed by atoms with Crippen LogP contribution in [0, 0.1) is 0 Å². The van der Waals surface area contributed by atoms with Crippen molar-refractivity contribution in [2.45, 2.75) is 57.7 Å². The van der Waals surface area contributed by atoms with Crippen molar-refractivity contribution in [1.29, 1.82) is 0 Å². The first-order chi connectivity index (χ1) is 12.9. The molecule has 1 saturated carbocycles. The van der Waals surface area contributed by atoms with Crippen molar-refractivity contribution in [2.75, 3.05) is 14.2 Å². The molecule has 6 heteroatoms. The van der Waals surface area contributed by atoms with Crippen LogP contribution in [0.2, 0.25) is 0 Å². The molecule has 27 heavy (non-hydrogen) atoms. The number of nitrogens with zero attached hydrogens (tertiary/aromatic N) is 2. The third kappa shape index (κ3) is 4.50. The van der Waals surface area contributed by atoms with Gasteiger partial charge in [0, 0.05) is 17.0 Å². The van der Waals surface area contributed by atoms with Gasteiger partial charge in [0.1, 0.15) is 22.9 Å². The van der Waals surface area contributed by atoms with E-state index in [2.05, 4.69) is 9.88 Å². The molecule has 1 heterocycles. The maximum Gasteiger partial charge on any atom is 0.326 e. The molecule has 146 valence electrons. The number of hydrogen-bond donors (Lipinski definition) is 0. The molecule has 1 aliphatic rings. The Balaban J connectivity index is 1.59. The molecule has 1 aromatic carbocycles. The van der Waals surface area contributed by atoms with Gasteiger partial charge < -0.3 is 9.47 Å². The molecule has 1 aromatic heterocycles. The Morgan fingerprint density at radius 1 is 1.26 bits per heavy atom. The molecular weight excluding hydrogens is 360 g/mol. The smallest absolute Gasteiger partial charge is 0.326 e. The number of hydrogen-bond acceptors (Lipinski definition) is 6. The molecule has 0 N–H and O–H groups in total. The van der Waals surface area contributed by atoms with E-state index in [-0.39, 0.29) is 12.6 Å². The second-order valence-corrected chi connectivity index (χ2v) is 8.41. The molecule has 0 unspecified atom stereocenters. The molecule has 3 rings (SSSR count). The van der Waals surface area contributed by atoms with Crippen LogP contribution in [0.25, 0.3) is 10.6 Å². The number of ether oxygens (including phenoxy) is 2. The third-order valence-corrected chi connectivity index (χ3v) is 6.43. The highest BCUT2D eigenvalue weighted by atomic mass is 32.1. The molecule has 0 radical (unpaired) electrons. The number of carbonyl (C=O) groups is 1. The first-order valence-electron chi connectivity index (χ1n) is 9.41. The zero-order valence-electron chi connectivity index (χ0n) is 16.5. The van der Waals surface area contributed by atoms with Gasteiger partial charge in [-0.1, -0.05) is 12.8 Å². The van der Waals surface area contributed by atoms with E-state index < -0.39 is 5.54 Å². The topological polar surface area (TPSA) is 51.7 Å². The summed E-state index contributed by atoms with van der Waals surface area (Å²) in [7, 11) is 3.68. The second-order valence-electron chi connectivity index (χ2n) is 7.56. The molecule has 1 aliphatic carbocycles. The van der Waals surface area contributed by atoms with E-state index in [1.165, 1.54) is 12.8 Å². The van der Waals surface area contributed by atoms with Crippen molar-refractivity contribution in [1.82, 2.24) is 9.88 Å². The van der Waals surface area contributed by atoms with Crippen molar-refractivity contribution in [2.24, 2.45) is 0 Å². The summed E-state index contributed by atoms with van der Waals surface area (Å²) >= 11 is 1.55. The Morgan fingerprint density at radius 2 is 1.93 bits per heavy atom. The van der Waals surface area contributed by atoms with Gasteiger partial charge in [0.05, 0.1) is 12.8 Å². The van der Waals surface area contributed by atoms with Crippen LogP contribution in [0.5, 0.6) is 5.75 Å². The lowest BCUT2D eigenvalue weighted by Gasteiger charge is -2.37. The van der Waals surface area contributed by atoms with Crippen LogP contribution in [0.1, 0.15) is 45.2 Å². The molecule has 2 aromatic rings. The highest BCUT2D eigenvalue weighted by Crippen LogP contribution is 2.29. The Hall–Kier alpha value is -1.92. The zero-order chi connectivity index (χ0) is 19.4. The normalized spacial score (nSPS) is 15.3. The Kier molecular flexibility index (Phi) is 6.17. The number of likely N-dealkylation sites (N-methyl/N-ethyl adjacent to an activating group) is 1. The molecule has 1 fully saturated rings. The Bertz CT molecular complexity index is 764. The van der Waals surface area contributed by atoms with Crippen LogP contribution in [-0.4, -0.2) is 41.6 Å². The number of thiazole rings is 1. The van der Waals surface area contributed by atoms with Gasteiger partial charge in [0.25, 0.3) is 0 Å². The number of carbonyl (C=O) groups excluding carboxylic acids is 1. The number of aromatic nitrogens is 1. The van der Waals surface area contributed by atoms with Crippen LogP contribution in [-0.2, 0) is 16.1 Å². The van der Waals surface area contributed by atoms with Gasteiger partial charge in [-0.2, -0.15) is 0 Å². The molecule has 0 bridgehead atoms. The van der Waals surface area contributed by atoms with E-state index in [9.17, 15) is 4.79 Å². The molecule has 0 spiro atoms. The van der Waals surface area contributed by atoms with Gasteiger partial charge in [0.2, 0.25) is 0 Å². The summed E-state index contributed by atoms with van der Waals surface area (Å²) < 4.78 is 10.8. The first kappa shape index (κ1) is 19.8. The lowest BCUT2D eigenvalue weighted by Crippen LogP contribution is -2.52. The first-order valence-corrected chi connectivity index (χ1v) is 10.3. The predicted octanol–water partition coefficient (Wildman–Crippen LogP) is 4.51. The minimum Gasteiger partial charge on any atom is -0.497 e. The minimum absolute atomic E-state index is 0.198. The zero-order valence-corrected chi connectivity index (χ0v) is 17.3. The van der Waals surface area contributed by atoms with Crippen LogP contribution in [0.15, 0.2) is 29.6 Å². The average molecular weight is 389 g/mol. The quantitative estimate of drug-likeness (QED) is 0.653. The highest BCUT2D eigenvalue weighted by Gasteiger charge is 2.38. The summed E-state index contributed by atoms with van der Waals surface area (Å²) in [5, 5.41) is 2.85. The van der Waals surface area contributed by atoms with Crippen LogP contribution >= 0.6 is 11.3 Å². The van der Waals surface area contributed by atoms with Crippen LogP contribution in [0.4, 0.5) is 0 Å². The summed E-state index contributed by atoms with van der Waals surface area (Å²) in [4.78, 5) is 19.5. The van der Waals surface area contributed by atoms with E-state index in [4.69, 9.17) is 9.47 Å². The second kappa shape index (κ2) is 8.40. The lowest BCUT2D eigenvalue weighted by molar-refractivity contribution is -0.158. The van der Waals surface area contributed by atoms with E-state index in [0.717, 1.165) is 34.9 Å². The Morgan fingerprint density at radius 3 is 2.56 bits per heavy atom. The fourth-order valence-corrected chi connectivity index (χ4v) is 4.26. The van der Waals surface area contributed by atoms with Crippen LogP contribution < -0.4 is 4.74 Å². The number of rotatable bonds is 7. The highest BCUT2D eigenvalue weighted by molar-refractivity contribution is 7.13. The molecular formula is C21H28N2O3S. The monoisotopic (exact) mass is 388 g/mol. The summed E-state index contributed by atoms with van der Waals surface area (Å²) in [5.74, 6) is 0.619. The van der Waals surface area contributed by atoms with Gasteiger partial charge >= 0.3 is 5.97 Å². The van der Waals surface area contributed by atoms with E-state index >= 15 is 0 Å². The van der Waals surface area contributed by atoms with E-state index in [1.54, 1.807) is 18.4 Å². The SMILES string of the molecule is COc1ccc(-c2nc(COC(=O)C(C)(C)N(C)C3CCCC3)cs2)cc1. The minimum atomic E-state index is -0.635. The predicted molar refractivity (Wildman–Crippen MR) is 108 cm³/mol. The largest absolute Gasteiger partial charge is 0.497 e. The number of benzene rings is 1. The van der Waals surface area contributed by atoms with Gasteiger partial charge in [-0.05, 0) is 58.0 Å². The summed E-state index contributed by atoms with van der Waals surface area (Å²) in [6, 6.07) is 8.25. The molecule has 0 aliphatic heterocycles. The average Bonchev–Trinajstić information content (AvgIpc) is 3.37. The fourth-order valence-electron chi connectivity index (χ4n) is 3.45. The summed E-state index contributed by atoms with van der Waals surface area (Å²) in [6.45, 7) is 4.09. The van der Waals surface area contributed by atoms with E-state index in [0.29, 0.717) is 6.04 Å². The molecule has 0 amide bonds. The van der Waals surface area contributed by atoms with Gasteiger partial charge in [-0.3, -0.25) is 9.69 Å². The number of esters is 1. The van der Waals surface area contributed by atoms with Crippen molar-refractivity contribution in [3.63, 3.8) is 0 Å². The summed E-state index contributed by atoms with van der Waals surface area (Å²) in [5.41, 5.74) is 1.17. The van der Waals surface area contributed by atoms with Gasteiger partial charge in [-0.25, -0.2) is 4.98 Å². The molecule has 0 saturated heterocycles. The van der Waals surface area contributed by atoms with Gasteiger partial charge in [0.15, 0.2) is 0 Å². The Labute approximate surface area is 165 Å². The summed E-state index contributed by atoms with van der Waals surface area (Å²) in [6.07, 6.45) is 4.80. The third-order valence-electron chi connectivity index (χ3n) is 5.49. The van der Waals surface area contributed by atoms with Crippen molar-refractivity contribution in [3.8, 4) is 16.3 Å². The van der Waals surface area contributed by atoms with Gasteiger partial charge in [-0.15, -0.1) is 11.3 Å². The molecule has 5 nitrogen and oxygen atoms in total. The maximum atomic E-state index is 12.7. The fraction of sp³-hybridized carbons (Fsp3) is 0.524. The maximum absolute atomic E-state index is 12.7. The lowest BCUT2D eigenvalue weighted by atomic mass is 10.0. The van der Waals surface area contributed by atoms with E-state index in [1.807, 2.05) is 50.5 Å². The molecule has 0 atom stereocenters. The van der Waals surface area contributed by atoms with Crippen LogP contribution in [0.3, 0.4) is 0 Å². The van der Waals surface area contributed by atoms with Crippen molar-refractivity contribution in [3.05, 3.63) is 35.3 Å². The van der Waals surface area contributed by atoms with Crippen molar-refractivity contribution < 1.29 is 14.3 Å².